The molecule has 0 heterocycles. The van der Waals surface area contributed by atoms with Crippen molar-refractivity contribution in [2.75, 3.05) is 6.54 Å². The summed E-state index contributed by atoms with van der Waals surface area (Å²) in [6.45, 7) is 2.59. The molecule has 0 saturated heterocycles. The van der Waals surface area contributed by atoms with E-state index in [2.05, 4.69) is 37.2 Å². The van der Waals surface area contributed by atoms with Crippen LogP contribution < -0.4 is 5.32 Å². The number of hydrogen-bond acceptors (Lipinski definition) is 3. The van der Waals surface area contributed by atoms with Crippen LogP contribution in [0.1, 0.15) is 30.1 Å². The summed E-state index contributed by atoms with van der Waals surface area (Å²) < 4.78 is 0.515. The summed E-state index contributed by atoms with van der Waals surface area (Å²) >= 11 is 6.59. The van der Waals surface area contributed by atoms with Crippen molar-refractivity contribution in [2.45, 2.75) is 24.6 Å². The van der Waals surface area contributed by atoms with Crippen LogP contribution >= 0.6 is 31.9 Å². The number of nitrogens with one attached hydrogen (secondary N) is 1. The fraction of sp³-hybridized carbons (Fsp3) is 0.417. The van der Waals surface area contributed by atoms with Gasteiger partial charge in [-0.05, 0) is 18.9 Å². The molecule has 1 unspecified atom stereocenters. The van der Waals surface area contributed by atoms with Crippen molar-refractivity contribution in [2.24, 2.45) is 0 Å². The number of carbonyl (C=O) groups is 1. The Balaban J connectivity index is 2.64. The Morgan fingerprint density at radius 1 is 1.47 bits per heavy atom. The molecule has 0 fully saturated rings. The van der Waals surface area contributed by atoms with Gasteiger partial charge in [0.2, 0.25) is 0 Å². The van der Waals surface area contributed by atoms with Gasteiger partial charge in [0.1, 0.15) is 0 Å². The van der Waals surface area contributed by atoms with E-state index in [4.69, 9.17) is 0 Å². The largest absolute Gasteiger partial charge is 0.352 e. The zero-order chi connectivity index (χ0) is 14.4. The fourth-order valence-corrected chi connectivity index (χ4v) is 2.30. The predicted octanol–water partition coefficient (Wildman–Crippen LogP) is 3.65. The van der Waals surface area contributed by atoms with Crippen molar-refractivity contribution >= 4 is 43.5 Å². The van der Waals surface area contributed by atoms with Gasteiger partial charge in [-0.1, -0.05) is 38.8 Å². The van der Waals surface area contributed by atoms with Crippen LogP contribution in [0.4, 0.5) is 5.69 Å². The van der Waals surface area contributed by atoms with E-state index in [1.54, 1.807) is 6.07 Å². The Bertz CT molecular complexity index is 478. The standard InChI is InChI=1S/C12H14Br2N2O3/c1-8(13)3-2-4-15-12(17)9-5-10(14)7-11(6-9)16(18)19/h5-8H,2-4H2,1H3,(H,15,17). The Kier molecular flexibility index (Phi) is 6.44. The summed E-state index contributed by atoms with van der Waals surface area (Å²) in [5, 5.41) is 13.5. The normalized spacial score (nSPS) is 11.9. The molecule has 1 aromatic rings. The summed E-state index contributed by atoms with van der Waals surface area (Å²) in [4.78, 5) is 22.5. The van der Waals surface area contributed by atoms with Gasteiger partial charge in [-0.15, -0.1) is 0 Å². The second kappa shape index (κ2) is 7.59. The highest BCUT2D eigenvalue weighted by Gasteiger charge is 2.13. The maximum Gasteiger partial charge on any atom is 0.271 e. The fourth-order valence-electron chi connectivity index (χ4n) is 1.50. The molecule has 0 saturated carbocycles. The van der Waals surface area contributed by atoms with Crippen molar-refractivity contribution in [1.82, 2.24) is 5.32 Å². The molecule has 104 valence electrons. The molecule has 0 spiro atoms. The van der Waals surface area contributed by atoms with Gasteiger partial charge in [0.15, 0.2) is 0 Å². The summed E-state index contributed by atoms with van der Waals surface area (Å²) in [5.41, 5.74) is 0.182. The predicted molar refractivity (Wildman–Crippen MR) is 80.8 cm³/mol. The lowest BCUT2D eigenvalue weighted by Crippen LogP contribution is -2.24. The summed E-state index contributed by atoms with van der Waals surface area (Å²) in [5.74, 6) is -0.299. The quantitative estimate of drug-likeness (QED) is 0.347. The van der Waals surface area contributed by atoms with Gasteiger partial charge in [-0.2, -0.15) is 0 Å². The first-order valence-electron chi connectivity index (χ1n) is 5.77. The van der Waals surface area contributed by atoms with Crippen molar-refractivity contribution < 1.29 is 9.72 Å². The van der Waals surface area contributed by atoms with Crippen LogP contribution in [0.15, 0.2) is 22.7 Å². The number of nitrogens with zero attached hydrogens (tertiary/aromatic N) is 1. The minimum absolute atomic E-state index is 0.103. The van der Waals surface area contributed by atoms with E-state index < -0.39 is 4.92 Å². The van der Waals surface area contributed by atoms with Crippen LogP contribution in [0.5, 0.6) is 0 Å². The average Bonchev–Trinajstić information content (AvgIpc) is 2.33. The van der Waals surface area contributed by atoms with Crippen LogP contribution in [0.2, 0.25) is 0 Å². The highest BCUT2D eigenvalue weighted by molar-refractivity contribution is 9.10. The molecule has 1 N–H and O–H groups in total. The Morgan fingerprint density at radius 3 is 2.74 bits per heavy atom. The van der Waals surface area contributed by atoms with E-state index in [-0.39, 0.29) is 17.2 Å². The maximum atomic E-state index is 11.9. The first kappa shape index (κ1) is 16.1. The first-order chi connectivity index (χ1) is 8.90. The lowest BCUT2D eigenvalue weighted by Gasteiger charge is -2.06. The van der Waals surface area contributed by atoms with Crippen LogP contribution in [0, 0.1) is 10.1 Å². The number of nitro groups is 1. The van der Waals surface area contributed by atoms with Gasteiger partial charge in [0.05, 0.1) is 4.92 Å². The smallest absolute Gasteiger partial charge is 0.271 e. The van der Waals surface area contributed by atoms with E-state index in [0.717, 1.165) is 12.8 Å². The monoisotopic (exact) mass is 392 g/mol. The van der Waals surface area contributed by atoms with Crippen LogP contribution in [0.3, 0.4) is 0 Å². The van der Waals surface area contributed by atoms with Crippen molar-refractivity contribution in [3.05, 3.63) is 38.3 Å². The third-order valence-corrected chi connectivity index (χ3v) is 3.34. The molecule has 0 bridgehead atoms. The number of rotatable bonds is 6. The molecule has 5 nitrogen and oxygen atoms in total. The van der Waals surface area contributed by atoms with Crippen LogP contribution in [-0.2, 0) is 0 Å². The maximum absolute atomic E-state index is 11.9. The zero-order valence-electron chi connectivity index (χ0n) is 10.4. The number of alkyl halides is 1. The first-order valence-corrected chi connectivity index (χ1v) is 7.48. The van der Waals surface area contributed by atoms with Crippen molar-refractivity contribution in [3.8, 4) is 0 Å². The molecule has 0 aliphatic rings. The minimum Gasteiger partial charge on any atom is -0.352 e. The highest BCUT2D eigenvalue weighted by Crippen LogP contribution is 2.21. The topological polar surface area (TPSA) is 72.2 Å². The molecule has 0 radical (unpaired) electrons. The van der Waals surface area contributed by atoms with Crippen molar-refractivity contribution in [1.29, 1.82) is 0 Å². The van der Waals surface area contributed by atoms with Gasteiger partial charge in [-0.25, -0.2) is 0 Å². The third kappa shape index (κ3) is 5.69. The third-order valence-electron chi connectivity index (χ3n) is 2.42. The number of halogens is 2. The van der Waals surface area contributed by atoms with Crippen LogP contribution in [0.25, 0.3) is 0 Å². The molecular weight excluding hydrogens is 380 g/mol. The molecule has 1 aromatic carbocycles. The van der Waals surface area contributed by atoms with Gasteiger partial charge in [-0.3, -0.25) is 14.9 Å². The summed E-state index contributed by atoms with van der Waals surface area (Å²) in [6.07, 6.45) is 1.81. The highest BCUT2D eigenvalue weighted by atomic mass is 79.9. The second-order valence-electron chi connectivity index (χ2n) is 4.13. The van der Waals surface area contributed by atoms with Gasteiger partial charge in [0.25, 0.3) is 11.6 Å². The number of amides is 1. The number of hydrogen-bond donors (Lipinski definition) is 1. The minimum atomic E-state index is -0.520. The Hall–Kier alpha value is -0.950. The van der Waals surface area contributed by atoms with Crippen molar-refractivity contribution in [3.63, 3.8) is 0 Å². The number of carbonyl (C=O) groups excluding carboxylic acids is 1. The molecule has 0 aliphatic carbocycles. The van der Waals surface area contributed by atoms with E-state index in [0.29, 0.717) is 15.8 Å². The second-order valence-corrected chi connectivity index (χ2v) is 6.61. The van der Waals surface area contributed by atoms with Gasteiger partial charge >= 0.3 is 0 Å². The van der Waals surface area contributed by atoms with E-state index in [9.17, 15) is 14.9 Å². The molecule has 19 heavy (non-hydrogen) atoms. The number of nitro benzene ring substituents is 1. The number of non-ortho nitro benzene ring substituents is 1. The van der Waals surface area contributed by atoms with E-state index in [1.165, 1.54) is 12.1 Å². The molecule has 0 aromatic heterocycles. The number of benzene rings is 1. The van der Waals surface area contributed by atoms with Gasteiger partial charge in [0, 0.05) is 33.5 Å². The molecule has 7 heteroatoms. The average molecular weight is 394 g/mol. The molecule has 1 rings (SSSR count). The summed E-state index contributed by atoms with van der Waals surface area (Å²) in [6, 6.07) is 4.20. The Morgan fingerprint density at radius 2 is 2.16 bits per heavy atom. The van der Waals surface area contributed by atoms with Crippen LogP contribution in [-0.4, -0.2) is 22.2 Å². The summed E-state index contributed by atoms with van der Waals surface area (Å²) in [7, 11) is 0. The van der Waals surface area contributed by atoms with E-state index >= 15 is 0 Å². The van der Waals surface area contributed by atoms with Gasteiger partial charge < -0.3 is 5.32 Å². The Labute approximate surface area is 128 Å². The lowest BCUT2D eigenvalue weighted by atomic mass is 10.2. The zero-order valence-corrected chi connectivity index (χ0v) is 13.5. The SMILES string of the molecule is CC(Br)CCCNC(=O)c1cc(Br)cc([N+](=O)[O-])c1. The molecule has 1 amide bonds. The molecular formula is C12H14Br2N2O3. The van der Waals surface area contributed by atoms with E-state index in [1.807, 2.05) is 6.92 Å². The lowest BCUT2D eigenvalue weighted by molar-refractivity contribution is -0.385. The molecule has 1 atom stereocenters. The molecule has 0 aliphatic heterocycles.